The summed E-state index contributed by atoms with van der Waals surface area (Å²) in [6, 6.07) is 1.81. The Bertz CT molecular complexity index is 694. The van der Waals surface area contributed by atoms with E-state index in [1.165, 1.54) is 4.90 Å². The molecule has 29 heavy (non-hydrogen) atoms. The summed E-state index contributed by atoms with van der Waals surface area (Å²) in [5.74, 6) is 0.647. The normalized spacial score (nSPS) is 23.8. The van der Waals surface area contributed by atoms with E-state index < -0.39 is 6.10 Å². The van der Waals surface area contributed by atoms with E-state index in [9.17, 15) is 14.7 Å². The van der Waals surface area contributed by atoms with Crippen LogP contribution in [0.4, 0.5) is 5.95 Å². The Labute approximate surface area is 171 Å². The van der Waals surface area contributed by atoms with Crippen molar-refractivity contribution in [1.29, 1.82) is 0 Å². The monoisotopic (exact) mass is 401 g/mol. The van der Waals surface area contributed by atoms with Crippen molar-refractivity contribution in [2.45, 2.75) is 51.0 Å². The van der Waals surface area contributed by atoms with Gasteiger partial charge in [-0.25, -0.2) is 9.97 Å². The topological polar surface area (TPSA) is 89.9 Å². The number of aliphatic hydroxyl groups is 1. The number of β-amino-alcohol motifs (C(OH)–C–C–N with tert-alkyl or cyclic N) is 1. The van der Waals surface area contributed by atoms with Gasteiger partial charge in [0, 0.05) is 64.5 Å². The van der Waals surface area contributed by atoms with Crippen LogP contribution in [-0.2, 0) is 9.59 Å². The second-order valence-electron chi connectivity index (χ2n) is 8.78. The summed E-state index contributed by atoms with van der Waals surface area (Å²) >= 11 is 0. The molecule has 1 aromatic rings. The van der Waals surface area contributed by atoms with Crippen LogP contribution in [0.3, 0.4) is 0 Å². The zero-order valence-electron chi connectivity index (χ0n) is 17.0. The number of likely N-dealkylation sites (tertiary alicyclic amines) is 1. The predicted octanol–water partition coefficient (Wildman–Crippen LogP) is 1.06. The van der Waals surface area contributed by atoms with E-state index in [1.807, 2.05) is 6.07 Å². The Balaban J connectivity index is 1.20. The number of amides is 2. The van der Waals surface area contributed by atoms with Gasteiger partial charge >= 0.3 is 0 Å². The van der Waals surface area contributed by atoms with Gasteiger partial charge < -0.3 is 10.0 Å². The lowest BCUT2D eigenvalue weighted by atomic mass is 9.76. The smallest absolute Gasteiger partial charge is 0.229 e. The number of piperidine rings is 1. The van der Waals surface area contributed by atoms with Gasteiger partial charge in [0.2, 0.25) is 17.8 Å². The number of aromatic nitrogens is 2. The minimum absolute atomic E-state index is 0.0492. The van der Waals surface area contributed by atoms with E-state index in [-0.39, 0.29) is 17.2 Å². The summed E-state index contributed by atoms with van der Waals surface area (Å²) in [6.45, 7) is 4.19. The van der Waals surface area contributed by atoms with Crippen molar-refractivity contribution in [3.63, 3.8) is 0 Å². The van der Waals surface area contributed by atoms with E-state index in [1.54, 1.807) is 12.4 Å². The highest BCUT2D eigenvalue weighted by Crippen LogP contribution is 2.46. The summed E-state index contributed by atoms with van der Waals surface area (Å²) in [6.07, 6.45) is 8.64. The molecule has 3 fully saturated rings. The molecule has 1 N–H and O–H groups in total. The molecule has 0 bridgehead atoms. The first kappa shape index (κ1) is 20.2. The van der Waals surface area contributed by atoms with Gasteiger partial charge in [-0.1, -0.05) is 12.8 Å². The fourth-order valence-corrected chi connectivity index (χ4v) is 5.01. The zero-order valence-corrected chi connectivity index (χ0v) is 17.0. The number of piperazine rings is 1. The maximum absolute atomic E-state index is 12.5. The van der Waals surface area contributed by atoms with Crippen LogP contribution in [0.5, 0.6) is 0 Å². The largest absolute Gasteiger partial charge is 0.392 e. The number of carbonyl (C=O) groups excluding carboxylic acids is 2. The van der Waals surface area contributed by atoms with Crippen molar-refractivity contribution < 1.29 is 14.7 Å². The first-order valence-corrected chi connectivity index (χ1v) is 10.8. The summed E-state index contributed by atoms with van der Waals surface area (Å²) in [7, 11) is 0. The molecule has 1 spiro atoms. The van der Waals surface area contributed by atoms with Gasteiger partial charge in [0.1, 0.15) is 0 Å². The number of hydrogen-bond acceptors (Lipinski definition) is 7. The first-order chi connectivity index (χ1) is 14.0. The van der Waals surface area contributed by atoms with E-state index >= 15 is 0 Å². The maximum atomic E-state index is 12.5. The molecule has 3 aliphatic rings. The van der Waals surface area contributed by atoms with Gasteiger partial charge in [0.25, 0.3) is 0 Å². The second-order valence-corrected chi connectivity index (χ2v) is 8.78. The Morgan fingerprint density at radius 1 is 1.00 bits per heavy atom. The maximum Gasteiger partial charge on any atom is 0.229 e. The van der Waals surface area contributed by atoms with Crippen molar-refractivity contribution >= 4 is 17.8 Å². The SMILES string of the molecule is O=C1CC2(CCCC2)CC(=O)N1CCC(O)CN1CCN(c2ncccn2)CC1. The Kier molecular flexibility index (Phi) is 6.10. The average molecular weight is 402 g/mol. The van der Waals surface area contributed by atoms with Gasteiger partial charge in [-0.15, -0.1) is 0 Å². The fraction of sp³-hybridized carbons (Fsp3) is 0.714. The molecule has 1 aliphatic carbocycles. The standard InChI is InChI=1S/C21H31N5O3/c27-17(16-24-10-12-25(13-11-24)20-22-7-3-8-23-20)4-9-26-18(28)14-21(15-19(26)29)5-1-2-6-21/h3,7-8,17,27H,1-2,4-6,9-16H2. The van der Waals surface area contributed by atoms with Crippen molar-refractivity contribution in [1.82, 2.24) is 19.8 Å². The fourth-order valence-electron chi connectivity index (χ4n) is 5.01. The highest BCUT2D eigenvalue weighted by Gasteiger charge is 2.44. The molecule has 1 aromatic heterocycles. The third-order valence-corrected chi connectivity index (χ3v) is 6.68. The van der Waals surface area contributed by atoms with Crippen LogP contribution in [-0.4, -0.2) is 82.1 Å². The minimum atomic E-state index is -0.544. The lowest BCUT2D eigenvalue weighted by molar-refractivity contribution is -0.153. The molecular formula is C21H31N5O3. The van der Waals surface area contributed by atoms with Crippen molar-refractivity contribution in [2.24, 2.45) is 5.41 Å². The molecule has 8 nitrogen and oxygen atoms in total. The molecule has 8 heteroatoms. The number of imide groups is 1. The van der Waals surface area contributed by atoms with Crippen LogP contribution in [0.1, 0.15) is 44.9 Å². The Hall–Kier alpha value is -2.06. The van der Waals surface area contributed by atoms with Crippen LogP contribution in [0.15, 0.2) is 18.5 Å². The van der Waals surface area contributed by atoms with Gasteiger partial charge in [-0.3, -0.25) is 19.4 Å². The lowest BCUT2D eigenvalue weighted by Gasteiger charge is -2.38. The molecule has 158 valence electrons. The molecule has 3 heterocycles. The van der Waals surface area contributed by atoms with Gasteiger partial charge in [0.15, 0.2) is 0 Å². The third-order valence-electron chi connectivity index (χ3n) is 6.68. The molecule has 4 rings (SSSR count). The lowest BCUT2D eigenvalue weighted by Crippen LogP contribution is -2.50. The highest BCUT2D eigenvalue weighted by atomic mass is 16.3. The third kappa shape index (κ3) is 4.75. The highest BCUT2D eigenvalue weighted by molar-refractivity contribution is 5.98. The van der Waals surface area contributed by atoms with E-state index in [2.05, 4.69) is 19.8 Å². The number of anilines is 1. The molecule has 0 radical (unpaired) electrons. The van der Waals surface area contributed by atoms with Crippen molar-refractivity contribution in [3.05, 3.63) is 18.5 Å². The summed E-state index contributed by atoms with van der Waals surface area (Å²) in [4.78, 5) is 39.4. The Morgan fingerprint density at radius 2 is 1.62 bits per heavy atom. The van der Waals surface area contributed by atoms with Crippen LogP contribution in [0, 0.1) is 5.41 Å². The van der Waals surface area contributed by atoms with E-state index in [0.29, 0.717) is 32.4 Å². The molecule has 2 saturated heterocycles. The van der Waals surface area contributed by atoms with E-state index in [4.69, 9.17) is 0 Å². The molecule has 1 unspecified atom stereocenters. The number of nitrogens with zero attached hydrogens (tertiary/aromatic N) is 5. The summed E-state index contributed by atoms with van der Waals surface area (Å²) in [5.41, 5.74) is -0.0641. The number of carbonyl (C=O) groups is 2. The van der Waals surface area contributed by atoms with Crippen molar-refractivity contribution in [3.8, 4) is 0 Å². The van der Waals surface area contributed by atoms with E-state index in [0.717, 1.165) is 57.8 Å². The molecule has 1 atom stereocenters. The number of rotatable bonds is 6. The first-order valence-electron chi connectivity index (χ1n) is 10.8. The average Bonchev–Trinajstić information content (AvgIpc) is 3.16. The van der Waals surface area contributed by atoms with Gasteiger partial charge in [-0.05, 0) is 30.7 Å². The molecule has 1 saturated carbocycles. The zero-order chi connectivity index (χ0) is 20.3. The second kappa shape index (κ2) is 8.75. The number of hydrogen-bond donors (Lipinski definition) is 1. The van der Waals surface area contributed by atoms with Crippen molar-refractivity contribution in [2.75, 3.05) is 44.2 Å². The minimum Gasteiger partial charge on any atom is -0.392 e. The van der Waals surface area contributed by atoms with Crippen LogP contribution < -0.4 is 4.90 Å². The van der Waals surface area contributed by atoms with Crippen LogP contribution >= 0.6 is 0 Å². The van der Waals surface area contributed by atoms with Gasteiger partial charge in [0.05, 0.1) is 6.10 Å². The van der Waals surface area contributed by atoms with Crippen LogP contribution in [0.25, 0.3) is 0 Å². The quantitative estimate of drug-likeness (QED) is 0.713. The molecule has 2 amide bonds. The Morgan fingerprint density at radius 3 is 2.24 bits per heavy atom. The predicted molar refractivity (Wildman–Crippen MR) is 108 cm³/mol. The van der Waals surface area contributed by atoms with Crippen LogP contribution in [0.2, 0.25) is 0 Å². The number of aliphatic hydroxyl groups excluding tert-OH is 1. The molecular weight excluding hydrogens is 370 g/mol. The summed E-state index contributed by atoms with van der Waals surface area (Å²) < 4.78 is 0. The summed E-state index contributed by atoms with van der Waals surface area (Å²) in [5, 5.41) is 10.5. The molecule has 0 aromatic carbocycles. The molecule has 2 aliphatic heterocycles. The van der Waals surface area contributed by atoms with Gasteiger partial charge in [-0.2, -0.15) is 0 Å².